The van der Waals surface area contributed by atoms with Gasteiger partial charge in [-0.25, -0.2) is 4.98 Å². The zero-order chi connectivity index (χ0) is 13.1. The zero-order valence-corrected chi connectivity index (χ0v) is 10.3. The van der Waals surface area contributed by atoms with Gasteiger partial charge in [-0.2, -0.15) is 9.78 Å². The number of benzene rings is 1. The average molecular weight is 243 g/mol. The van der Waals surface area contributed by atoms with Gasteiger partial charge >= 0.3 is 0 Å². The quantitative estimate of drug-likeness (QED) is 0.765. The van der Waals surface area contributed by atoms with Crippen LogP contribution in [0, 0.1) is 0 Å². The fraction of sp³-hybridized carbons (Fsp3) is 0.231. The first-order valence-corrected chi connectivity index (χ1v) is 5.69. The Kier molecular flexibility index (Phi) is 3.32. The predicted molar refractivity (Wildman–Crippen MR) is 70.0 cm³/mol. The number of Topliss-reactive ketones (excluding diaryl/α,β-unsaturated/α-hetero) is 1. The number of aromatic nitrogens is 2. The minimum absolute atomic E-state index is 0.211. The summed E-state index contributed by atoms with van der Waals surface area (Å²) in [4.78, 5) is 27.5. The number of hydrogen-bond acceptors (Lipinski definition) is 4. The van der Waals surface area contributed by atoms with Crippen molar-refractivity contribution in [3.05, 3.63) is 40.4 Å². The molecule has 2 rings (SSSR count). The average Bonchev–Trinajstić information content (AvgIpc) is 2.37. The Labute approximate surface area is 104 Å². The summed E-state index contributed by atoms with van der Waals surface area (Å²) in [6.45, 7) is 3.27. The van der Waals surface area contributed by atoms with E-state index in [1.54, 1.807) is 18.2 Å². The lowest BCUT2D eigenvalue weighted by atomic mass is 10.2. The van der Waals surface area contributed by atoms with Gasteiger partial charge in [0.25, 0.3) is 5.56 Å². The molecule has 0 N–H and O–H groups in total. The number of rotatable bonds is 3. The number of hydrogen-bond donors (Lipinski definition) is 0. The minimum Gasteiger partial charge on any atom is -0.293 e. The van der Waals surface area contributed by atoms with Gasteiger partial charge < -0.3 is 0 Å². The van der Waals surface area contributed by atoms with E-state index in [9.17, 15) is 9.59 Å². The molecule has 0 aliphatic heterocycles. The van der Waals surface area contributed by atoms with Gasteiger partial charge in [0.2, 0.25) is 0 Å². The number of nitrogens with zero attached hydrogens (tertiary/aromatic N) is 3. The Hall–Kier alpha value is -2.30. The van der Waals surface area contributed by atoms with Gasteiger partial charge in [0.15, 0.2) is 5.78 Å². The third kappa shape index (κ3) is 2.20. The number of carbonyl (C=O) groups excluding carboxylic acids is 1. The van der Waals surface area contributed by atoms with E-state index in [4.69, 9.17) is 0 Å². The first-order chi connectivity index (χ1) is 8.63. The summed E-state index contributed by atoms with van der Waals surface area (Å²) in [5, 5.41) is 4.39. The molecule has 0 unspecified atom stereocenters. The van der Waals surface area contributed by atoms with Crippen molar-refractivity contribution in [2.75, 3.05) is 0 Å². The summed E-state index contributed by atoms with van der Waals surface area (Å²) >= 11 is 0. The highest BCUT2D eigenvalue weighted by atomic mass is 16.1. The van der Waals surface area contributed by atoms with Crippen molar-refractivity contribution in [1.29, 1.82) is 0 Å². The maximum absolute atomic E-state index is 12.2. The topological polar surface area (TPSA) is 64.3 Å². The molecule has 0 saturated heterocycles. The van der Waals surface area contributed by atoms with Crippen LogP contribution >= 0.6 is 0 Å². The summed E-state index contributed by atoms with van der Waals surface area (Å²) in [6, 6.07) is 7.09. The van der Waals surface area contributed by atoms with Crippen LogP contribution in [-0.2, 0) is 11.2 Å². The molecule has 0 bridgehead atoms. The van der Waals surface area contributed by atoms with Crippen LogP contribution in [0.1, 0.15) is 19.7 Å². The Balaban J connectivity index is 2.74. The van der Waals surface area contributed by atoms with E-state index in [2.05, 4.69) is 10.1 Å². The van der Waals surface area contributed by atoms with Crippen molar-refractivity contribution >= 4 is 22.9 Å². The van der Waals surface area contributed by atoms with Crippen molar-refractivity contribution in [3.63, 3.8) is 0 Å². The molecule has 1 aromatic carbocycles. The molecule has 18 heavy (non-hydrogen) atoms. The van der Waals surface area contributed by atoms with Gasteiger partial charge in [-0.05, 0) is 12.1 Å². The Morgan fingerprint density at radius 2 is 2.17 bits per heavy atom. The van der Waals surface area contributed by atoms with Gasteiger partial charge in [0.1, 0.15) is 5.82 Å². The van der Waals surface area contributed by atoms with Crippen molar-refractivity contribution in [1.82, 2.24) is 9.66 Å². The van der Waals surface area contributed by atoms with Crippen LogP contribution in [0.15, 0.2) is 34.2 Å². The van der Waals surface area contributed by atoms with Gasteiger partial charge in [-0.15, -0.1) is 0 Å². The maximum Gasteiger partial charge on any atom is 0.282 e. The fourth-order valence-electron chi connectivity index (χ4n) is 1.66. The van der Waals surface area contributed by atoms with Crippen molar-refractivity contribution in [2.45, 2.75) is 20.3 Å². The SMILES string of the molecule is CCc1nc2ccccc2c(=O)n1N=CC(C)=O. The molecule has 0 saturated carbocycles. The largest absolute Gasteiger partial charge is 0.293 e. The summed E-state index contributed by atoms with van der Waals surface area (Å²) in [5.74, 6) is 0.327. The Morgan fingerprint density at radius 3 is 2.83 bits per heavy atom. The third-order valence-corrected chi connectivity index (χ3v) is 2.49. The molecule has 5 heteroatoms. The molecule has 5 nitrogen and oxygen atoms in total. The van der Waals surface area contributed by atoms with E-state index in [0.29, 0.717) is 23.1 Å². The molecule has 2 aromatic rings. The molecular formula is C13H13N3O2. The second-order valence-electron chi connectivity index (χ2n) is 3.87. The maximum atomic E-state index is 12.2. The van der Waals surface area contributed by atoms with Crippen LogP contribution in [-0.4, -0.2) is 21.7 Å². The first-order valence-electron chi connectivity index (χ1n) is 5.69. The molecular weight excluding hydrogens is 230 g/mol. The lowest BCUT2D eigenvalue weighted by Crippen LogP contribution is -2.22. The highest BCUT2D eigenvalue weighted by molar-refractivity contribution is 6.26. The van der Waals surface area contributed by atoms with Crippen molar-refractivity contribution < 1.29 is 4.79 Å². The number of carbonyl (C=O) groups is 1. The van der Waals surface area contributed by atoms with E-state index >= 15 is 0 Å². The smallest absolute Gasteiger partial charge is 0.282 e. The van der Waals surface area contributed by atoms with E-state index in [0.717, 1.165) is 6.21 Å². The van der Waals surface area contributed by atoms with Gasteiger partial charge in [0.05, 0.1) is 17.1 Å². The van der Waals surface area contributed by atoms with Crippen LogP contribution in [0.5, 0.6) is 0 Å². The summed E-state index contributed by atoms with van der Waals surface area (Å²) in [6.07, 6.45) is 1.69. The molecule has 1 aromatic heterocycles. The third-order valence-electron chi connectivity index (χ3n) is 2.49. The number of aryl methyl sites for hydroxylation is 1. The highest BCUT2D eigenvalue weighted by Gasteiger charge is 2.08. The van der Waals surface area contributed by atoms with Crippen LogP contribution < -0.4 is 5.56 Å². The second kappa shape index (κ2) is 4.91. The van der Waals surface area contributed by atoms with Gasteiger partial charge in [-0.3, -0.25) is 9.59 Å². The van der Waals surface area contributed by atoms with Crippen LogP contribution in [0.3, 0.4) is 0 Å². The van der Waals surface area contributed by atoms with Crippen molar-refractivity contribution in [2.24, 2.45) is 5.10 Å². The molecule has 1 heterocycles. The molecule has 0 spiro atoms. The Morgan fingerprint density at radius 1 is 1.44 bits per heavy atom. The minimum atomic E-state index is -0.255. The molecule has 92 valence electrons. The van der Waals surface area contributed by atoms with Gasteiger partial charge in [-0.1, -0.05) is 19.1 Å². The first kappa shape index (κ1) is 12.2. The molecule has 0 aliphatic rings. The normalized spacial score (nSPS) is 11.2. The predicted octanol–water partition coefficient (Wildman–Crippen LogP) is 1.38. The fourth-order valence-corrected chi connectivity index (χ4v) is 1.66. The number of fused-ring (bicyclic) bond motifs is 1. The lowest BCUT2D eigenvalue weighted by molar-refractivity contribution is -0.110. The molecule has 0 atom stereocenters. The van der Waals surface area contributed by atoms with E-state index < -0.39 is 0 Å². The zero-order valence-electron chi connectivity index (χ0n) is 10.3. The molecule has 0 aliphatic carbocycles. The Bertz CT molecular complexity index is 686. The summed E-state index contributed by atoms with van der Waals surface area (Å²) in [7, 11) is 0. The highest BCUT2D eigenvalue weighted by Crippen LogP contribution is 2.07. The van der Waals surface area contributed by atoms with E-state index in [1.165, 1.54) is 11.6 Å². The van der Waals surface area contributed by atoms with Crippen molar-refractivity contribution in [3.8, 4) is 0 Å². The number of ketones is 1. The molecule has 0 fully saturated rings. The van der Waals surface area contributed by atoms with E-state index in [1.807, 2.05) is 13.0 Å². The summed E-state index contributed by atoms with van der Waals surface area (Å²) < 4.78 is 1.18. The monoisotopic (exact) mass is 243 g/mol. The van der Waals surface area contributed by atoms with Crippen LogP contribution in [0.25, 0.3) is 10.9 Å². The standard InChI is InChI=1S/C13H13N3O2/c1-3-12-15-11-7-5-4-6-10(11)13(18)16(12)14-8-9(2)17/h4-8H,3H2,1-2H3. The van der Waals surface area contributed by atoms with Gasteiger partial charge in [0, 0.05) is 13.3 Å². The van der Waals surface area contributed by atoms with E-state index in [-0.39, 0.29) is 11.3 Å². The van der Waals surface area contributed by atoms with Crippen LogP contribution in [0.4, 0.5) is 0 Å². The summed E-state index contributed by atoms with van der Waals surface area (Å²) in [5.41, 5.74) is 0.392. The molecule has 0 radical (unpaired) electrons. The number of para-hydroxylation sites is 1. The lowest BCUT2D eigenvalue weighted by Gasteiger charge is -2.06. The van der Waals surface area contributed by atoms with Crippen LogP contribution in [0.2, 0.25) is 0 Å². The second-order valence-corrected chi connectivity index (χ2v) is 3.87. The molecule has 0 amide bonds.